The highest BCUT2D eigenvalue weighted by Gasteiger charge is 2.22. The summed E-state index contributed by atoms with van der Waals surface area (Å²) in [6, 6.07) is 2.37. The van der Waals surface area contributed by atoms with Gasteiger partial charge in [0.1, 0.15) is 30.1 Å². The van der Waals surface area contributed by atoms with Crippen molar-refractivity contribution in [3.8, 4) is 0 Å². The molecule has 0 bridgehead atoms. The second-order valence-electron chi connectivity index (χ2n) is 6.80. The molecule has 9 heteroatoms. The number of anilines is 3. The van der Waals surface area contributed by atoms with Crippen LogP contribution < -0.4 is 15.1 Å². The molecule has 9 nitrogen and oxygen atoms in total. The minimum atomic E-state index is 0.391. The second kappa shape index (κ2) is 6.74. The molecule has 4 heterocycles. The van der Waals surface area contributed by atoms with Crippen LogP contribution in [0.3, 0.4) is 0 Å². The molecule has 1 saturated heterocycles. The zero-order valence-electron chi connectivity index (χ0n) is 15.3. The Morgan fingerprint density at radius 2 is 1.85 bits per heavy atom. The fraction of sp³-hybridized carbons (Fsp3) is 0.471. The predicted octanol–water partition coefficient (Wildman–Crippen LogP) is 1.30. The van der Waals surface area contributed by atoms with Gasteiger partial charge in [0.15, 0.2) is 5.65 Å². The lowest BCUT2D eigenvalue weighted by atomic mass is 10.0. The average Bonchev–Trinajstić information content (AvgIpc) is 3.03. The third-order valence-corrected chi connectivity index (χ3v) is 4.67. The van der Waals surface area contributed by atoms with E-state index in [4.69, 9.17) is 0 Å². The van der Waals surface area contributed by atoms with Crippen molar-refractivity contribution in [2.75, 3.05) is 42.3 Å². The fourth-order valence-electron chi connectivity index (χ4n) is 3.30. The Morgan fingerprint density at radius 3 is 2.62 bits per heavy atom. The van der Waals surface area contributed by atoms with Crippen molar-refractivity contribution in [2.45, 2.75) is 18.9 Å². The van der Waals surface area contributed by atoms with E-state index in [-0.39, 0.29) is 0 Å². The summed E-state index contributed by atoms with van der Waals surface area (Å²) in [6.07, 6.45) is 7.23. The molecule has 1 aliphatic heterocycles. The molecule has 0 aliphatic carbocycles. The number of hydrogen-bond acceptors (Lipinski definition) is 8. The number of fused-ring (bicyclic) bond motifs is 1. The summed E-state index contributed by atoms with van der Waals surface area (Å²) >= 11 is 0. The van der Waals surface area contributed by atoms with Crippen LogP contribution in [0, 0.1) is 0 Å². The van der Waals surface area contributed by atoms with E-state index in [0.717, 1.165) is 54.4 Å². The Kier molecular flexibility index (Phi) is 4.27. The standard InChI is InChI=1S/C17H23N9/c1-24(2)15-8-14(18-10-19-15)22-12-4-6-26(7-5-12)17-13-9-25(3)23-16(13)20-11-21-17/h8-12H,4-7H2,1-3H3,(H,18,19,22). The molecule has 26 heavy (non-hydrogen) atoms. The van der Waals surface area contributed by atoms with E-state index in [1.807, 2.05) is 38.3 Å². The molecule has 3 aromatic rings. The molecule has 0 radical (unpaired) electrons. The van der Waals surface area contributed by atoms with Crippen LogP contribution >= 0.6 is 0 Å². The molecule has 4 rings (SSSR count). The van der Waals surface area contributed by atoms with Gasteiger partial charge in [0.05, 0.1) is 5.39 Å². The average molecular weight is 353 g/mol. The summed E-state index contributed by atoms with van der Waals surface area (Å²) in [5.74, 6) is 2.75. The molecule has 1 N–H and O–H groups in total. The molecule has 0 spiro atoms. The summed E-state index contributed by atoms with van der Waals surface area (Å²) in [5, 5.41) is 8.91. The Morgan fingerprint density at radius 1 is 1.08 bits per heavy atom. The van der Waals surface area contributed by atoms with Crippen LogP contribution in [-0.4, -0.2) is 62.9 Å². The molecule has 1 aliphatic rings. The van der Waals surface area contributed by atoms with E-state index < -0.39 is 0 Å². The van der Waals surface area contributed by atoms with Crippen molar-refractivity contribution in [1.29, 1.82) is 0 Å². The number of aromatic nitrogens is 6. The monoisotopic (exact) mass is 353 g/mol. The molecular formula is C17H23N9. The van der Waals surface area contributed by atoms with Crippen molar-refractivity contribution in [3.05, 3.63) is 24.9 Å². The van der Waals surface area contributed by atoms with Gasteiger partial charge in [-0.15, -0.1) is 0 Å². The van der Waals surface area contributed by atoms with E-state index in [1.165, 1.54) is 0 Å². The topological polar surface area (TPSA) is 87.9 Å². The van der Waals surface area contributed by atoms with Gasteiger partial charge >= 0.3 is 0 Å². The maximum atomic E-state index is 4.50. The zero-order valence-corrected chi connectivity index (χ0v) is 15.3. The van der Waals surface area contributed by atoms with Gasteiger partial charge in [0, 0.05) is 52.5 Å². The highest BCUT2D eigenvalue weighted by Crippen LogP contribution is 2.26. The van der Waals surface area contributed by atoms with Gasteiger partial charge < -0.3 is 15.1 Å². The molecule has 0 aromatic carbocycles. The quantitative estimate of drug-likeness (QED) is 0.751. The number of nitrogens with zero attached hydrogens (tertiary/aromatic N) is 8. The van der Waals surface area contributed by atoms with Gasteiger partial charge in [-0.1, -0.05) is 0 Å². The minimum absolute atomic E-state index is 0.391. The maximum absolute atomic E-state index is 4.50. The first-order chi connectivity index (χ1) is 12.6. The predicted molar refractivity (Wildman–Crippen MR) is 102 cm³/mol. The van der Waals surface area contributed by atoms with Crippen LogP contribution in [0.15, 0.2) is 24.9 Å². The number of hydrogen-bond donors (Lipinski definition) is 1. The highest BCUT2D eigenvalue weighted by molar-refractivity contribution is 5.86. The lowest BCUT2D eigenvalue weighted by Gasteiger charge is -2.33. The number of piperidine rings is 1. The van der Waals surface area contributed by atoms with Gasteiger partial charge in [-0.3, -0.25) is 4.68 Å². The smallest absolute Gasteiger partial charge is 0.186 e. The summed E-state index contributed by atoms with van der Waals surface area (Å²) in [6.45, 7) is 1.87. The lowest BCUT2D eigenvalue weighted by molar-refractivity contribution is 0.523. The van der Waals surface area contributed by atoms with E-state index in [1.54, 1.807) is 17.3 Å². The first-order valence-electron chi connectivity index (χ1n) is 8.75. The Balaban J connectivity index is 1.43. The van der Waals surface area contributed by atoms with E-state index >= 15 is 0 Å². The van der Waals surface area contributed by atoms with Gasteiger partial charge in [-0.25, -0.2) is 19.9 Å². The first kappa shape index (κ1) is 16.5. The molecule has 3 aromatic heterocycles. The largest absolute Gasteiger partial charge is 0.367 e. The summed E-state index contributed by atoms with van der Waals surface area (Å²) < 4.78 is 1.79. The first-order valence-corrected chi connectivity index (χ1v) is 8.75. The third kappa shape index (κ3) is 3.24. The number of rotatable bonds is 4. The SMILES string of the molecule is CN(C)c1cc(NC2CCN(c3ncnc4nn(C)cc34)CC2)ncn1. The van der Waals surface area contributed by atoms with Gasteiger partial charge in [-0.2, -0.15) is 5.10 Å². The molecule has 1 fully saturated rings. The highest BCUT2D eigenvalue weighted by atomic mass is 15.3. The van der Waals surface area contributed by atoms with Gasteiger partial charge in [-0.05, 0) is 12.8 Å². The van der Waals surface area contributed by atoms with Crippen LogP contribution in [0.5, 0.6) is 0 Å². The molecule has 136 valence electrons. The van der Waals surface area contributed by atoms with Crippen molar-refractivity contribution in [3.63, 3.8) is 0 Å². The number of nitrogens with one attached hydrogen (secondary N) is 1. The van der Waals surface area contributed by atoms with E-state index in [2.05, 4.69) is 35.3 Å². The zero-order chi connectivity index (χ0) is 18.1. The Bertz CT molecular complexity index is 896. The third-order valence-electron chi connectivity index (χ3n) is 4.67. The van der Waals surface area contributed by atoms with Crippen LogP contribution in [0.25, 0.3) is 11.0 Å². The molecule has 0 atom stereocenters. The second-order valence-corrected chi connectivity index (χ2v) is 6.80. The van der Waals surface area contributed by atoms with Gasteiger partial charge in [0.25, 0.3) is 0 Å². The van der Waals surface area contributed by atoms with Crippen molar-refractivity contribution >= 4 is 28.5 Å². The minimum Gasteiger partial charge on any atom is -0.367 e. The summed E-state index contributed by atoms with van der Waals surface area (Å²) in [4.78, 5) is 21.6. The van der Waals surface area contributed by atoms with E-state index in [0.29, 0.717) is 6.04 Å². The van der Waals surface area contributed by atoms with Crippen LogP contribution in [0.2, 0.25) is 0 Å². The van der Waals surface area contributed by atoms with Crippen molar-refractivity contribution in [1.82, 2.24) is 29.7 Å². The van der Waals surface area contributed by atoms with Crippen molar-refractivity contribution < 1.29 is 0 Å². The van der Waals surface area contributed by atoms with E-state index in [9.17, 15) is 0 Å². The van der Waals surface area contributed by atoms with Crippen LogP contribution in [0.4, 0.5) is 17.5 Å². The van der Waals surface area contributed by atoms with Crippen LogP contribution in [-0.2, 0) is 7.05 Å². The summed E-state index contributed by atoms with van der Waals surface area (Å²) in [5.41, 5.74) is 0.745. The van der Waals surface area contributed by atoms with Crippen molar-refractivity contribution in [2.24, 2.45) is 7.05 Å². The molecule has 0 amide bonds. The molecule has 0 unspecified atom stereocenters. The maximum Gasteiger partial charge on any atom is 0.186 e. The Hall–Kier alpha value is -2.97. The summed E-state index contributed by atoms with van der Waals surface area (Å²) in [7, 11) is 5.86. The lowest BCUT2D eigenvalue weighted by Crippen LogP contribution is -2.39. The Labute approximate surface area is 152 Å². The molecule has 0 saturated carbocycles. The number of aryl methyl sites for hydroxylation is 1. The fourth-order valence-corrected chi connectivity index (χ4v) is 3.30. The molecular weight excluding hydrogens is 330 g/mol. The normalized spacial score (nSPS) is 15.4. The van der Waals surface area contributed by atoms with Gasteiger partial charge in [0.2, 0.25) is 0 Å². The van der Waals surface area contributed by atoms with Crippen LogP contribution in [0.1, 0.15) is 12.8 Å².